The Bertz CT molecular complexity index is 1560. The largest absolute Gasteiger partial charge is 0.461 e. The van der Waals surface area contributed by atoms with Gasteiger partial charge in [0.2, 0.25) is 5.91 Å². The minimum atomic E-state index is -1.12. The zero-order chi connectivity index (χ0) is 35.5. The number of carbonyl (C=O) groups excluding carboxylic acids is 5. The number of hydrogen-bond acceptors (Lipinski definition) is 6. The second kappa shape index (κ2) is 13.4. The highest BCUT2D eigenvalue weighted by Gasteiger charge is 2.59. The fourth-order valence-corrected chi connectivity index (χ4v) is 11.8. The van der Waals surface area contributed by atoms with Gasteiger partial charge < -0.3 is 4.74 Å². The first-order valence-electron chi connectivity index (χ1n) is 19.5. The van der Waals surface area contributed by atoms with Gasteiger partial charge in [-0.1, -0.05) is 77.7 Å². The third-order valence-electron chi connectivity index (χ3n) is 14.5. The maximum atomic E-state index is 13.5. The minimum absolute atomic E-state index is 0.0356. The Morgan fingerprint density at radius 1 is 0.900 bits per heavy atom. The van der Waals surface area contributed by atoms with E-state index in [9.17, 15) is 24.0 Å². The van der Waals surface area contributed by atoms with Crippen molar-refractivity contribution in [1.29, 1.82) is 0 Å². The van der Waals surface area contributed by atoms with Crippen LogP contribution >= 0.6 is 0 Å². The molecule has 1 saturated heterocycles. The van der Waals surface area contributed by atoms with Crippen molar-refractivity contribution < 1.29 is 28.7 Å². The maximum absolute atomic E-state index is 13.5. The Morgan fingerprint density at radius 3 is 2.32 bits per heavy atom. The molecule has 4 aliphatic carbocycles. The van der Waals surface area contributed by atoms with E-state index in [1.54, 1.807) is 24.3 Å². The molecule has 0 spiro atoms. The van der Waals surface area contributed by atoms with E-state index in [1.807, 2.05) is 0 Å². The molecule has 8 nitrogen and oxygen atoms in total. The van der Waals surface area contributed by atoms with Crippen LogP contribution in [0.25, 0.3) is 0 Å². The fourth-order valence-electron chi connectivity index (χ4n) is 11.8. The number of amides is 4. The molecular weight excluding hydrogens is 628 g/mol. The lowest BCUT2D eigenvalue weighted by Gasteiger charge is -2.58. The van der Waals surface area contributed by atoms with Crippen LogP contribution in [0.2, 0.25) is 0 Å². The highest BCUT2D eigenvalue weighted by Crippen LogP contribution is 2.67. The maximum Gasteiger partial charge on any atom is 0.326 e. The quantitative estimate of drug-likeness (QED) is 0.150. The second-order valence-corrected chi connectivity index (χ2v) is 17.5. The van der Waals surface area contributed by atoms with Crippen molar-refractivity contribution in [3.05, 3.63) is 47.0 Å². The Kier molecular flexibility index (Phi) is 9.38. The van der Waals surface area contributed by atoms with Gasteiger partial charge in [-0.15, -0.1) is 0 Å². The first kappa shape index (κ1) is 35.1. The summed E-state index contributed by atoms with van der Waals surface area (Å²) in [5, 5.41) is 0. The van der Waals surface area contributed by atoms with Crippen molar-refractivity contribution >= 4 is 29.6 Å². The van der Waals surface area contributed by atoms with Gasteiger partial charge in [-0.3, -0.25) is 33.8 Å². The smallest absolute Gasteiger partial charge is 0.326 e. The molecule has 1 unspecified atom stereocenters. The number of allylic oxidation sites excluding steroid dienone is 1. The number of carbonyl (C=O) groups is 5. The predicted molar refractivity (Wildman–Crippen MR) is 190 cm³/mol. The molecule has 3 saturated carbocycles. The molecule has 8 heteroatoms. The van der Waals surface area contributed by atoms with Gasteiger partial charge in [-0.2, -0.15) is 0 Å². The predicted octanol–water partition coefficient (Wildman–Crippen LogP) is 7.75. The highest BCUT2D eigenvalue weighted by atomic mass is 16.5. The molecular formula is C42H56N2O6. The van der Waals surface area contributed by atoms with Crippen molar-refractivity contribution in [2.24, 2.45) is 46.3 Å². The van der Waals surface area contributed by atoms with Gasteiger partial charge in [0.05, 0.1) is 11.1 Å². The van der Waals surface area contributed by atoms with Gasteiger partial charge in [0.1, 0.15) is 18.7 Å². The molecule has 7 rings (SSSR count). The molecule has 50 heavy (non-hydrogen) atoms. The molecule has 4 fully saturated rings. The standard InChI is InChI=1S/C42H56N2O6/c1-25(2)9-8-10-26(3)32-15-16-33-31-14-13-27-23-28(19-21-41(27,4)34(31)20-22-42(32,33)5)50-37(46)24-43-36(45)18-17-35(40(43)49)44-38(47)29-11-6-7-12-30(29)39(44)48/h6-7,11-13,25-26,28,31-35H,8-10,14-24H2,1-5H3/t26-,28+,31+,32-,33+,34+,35?,41+,42-/m1/s1. The molecule has 6 aliphatic rings. The molecule has 9 atom stereocenters. The Morgan fingerprint density at radius 2 is 1.62 bits per heavy atom. The van der Waals surface area contributed by atoms with E-state index in [0.717, 1.165) is 58.7 Å². The SMILES string of the molecule is CC(C)CCC[C@@H](C)[C@H]1CC[C@H]2[C@@H]3CC=C4C[C@@H](OC(=O)CN5C(=O)CCC(N6C(=O)c7ccccc7C6=O)C5=O)CC[C@]4(C)[C@H]3CC[C@]12C. The zero-order valence-electron chi connectivity index (χ0n) is 30.7. The monoisotopic (exact) mass is 684 g/mol. The minimum Gasteiger partial charge on any atom is -0.461 e. The number of nitrogens with zero attached hydrogens (tertiary/aromatic N) is 2. The molecule has 0 radical (unpaired) electrons. The van der Waals surface area contributed by atoms with Crippen LogP contribution in [0.15, 0.2) is 35.9 Å². The van der Waals surface area contributed by atoms with Gasteiger partial charge >= 0.3 is 5.97 Å². The molecule has 4 amide bonds. The van der Waals surface area contributed by atoms with Gasteiger partial charge in [0.15, 0.2) is 0 Å². The van der Waals surface area contributed by atoms with Crippen molar-refractivity contribution in [2.75, 3.05) is 6.54 Å². The van der Waals surface area contributed by atoms with Crippen LogP contribution in [0.1, 0.15) is 139 Å². The Balaban J connectivity index is 0.970. The van der Waals surface area contributed by atoms with E-state index in [0.29, 0.717) is 17.8 Å². The van der Waals surface area contributed by atoms with Crippen LogP contribution in [0, 0.1) is 46.3 Å². The fraction of sp³-hybridized carbons (Fsp3) is 0.690. The third kappa shape index (κ3) is 5.86. The molecule has 2 aliphatic heterocycles. The number of likely N-dealkylation sites (tertiary alicyclic amines) is 1. The average molecular weight is 685 g/mol. The number of piperidine rings is 1. The molecule has 270 valence electrons. The summed E-state index contributed by atoms with van der Waals surface area (Å²) in [6.07, 6.45) is 15.1. The summed E-state index contributed by atoms with van der Waals surface area (Å²) in [4.78, 5) is 67.7. The summed E-state index contributed by atoms with van der Waals surface area (Å²) in [6.45, 7) is 11.8. The normalized spacial score (nSPS) is 35.8. The van der Waals surface area contributed by atoms with Crippen LogP contribution < -0.4 is 0 Å². The Hall–Kier alpha value is -3.29. The lowest BCUT2D eigenvalue weighted by Crippen LogP contribution is -2.57. The number of imide groups is 2. The van der Waals surface area contributed by atoms with Crippen molar-refractivity contribution in [1.82, 2.24) is 9.80 Å². The zero-order valence-corrected chi connectivity index (χ0v) is 30.7. The number of fused-ring (bicyclic) bond motifs is 6. The molecule has 2 heterocycles. The van der Waals surface area contributed by atoms with E-state index in [4.69, 9.17) is 4.74 Å². The van der Waals surface area contributed by atoms with Gasteiger partial charge in [-0.05, 0) is 110 Å². The molecule has 1 aromatic rings. The van der Waals surface area contributed by atoms with E-state index in [2.05, 4.69) is 40.7 Å². The number of rotatable bonds is 9. The van der Waals surface area contributed by atoms with Crippen LogP contribution in [-0.4, -0.2) is 58.1 Å². The summed E-state index contributed by atoms with van der Waals surface area (Å²) in [5.41, 5.74) is 2.47. The van der Waals surface area contributed by atoms with Crippen molar-refractivity contribution in [3.63, 3.8) is 0 Å². The molecule has 1 aromatic carbocycles. The molecule has 0 aromatic heterocycles. The second-order valence-electron chi connectivity index (χ2n) is 17.5. The highest BCUT2D eigenvalue weighted by molar-refractivity contribution is 6.23. The third-order valence-corrected chi connectivity index (χ3v) is 14.5. The lowest BCUT2D eigenvalue weighted by atomic mass is 9.47. The first-order valence-corrected chi connectivity index (χ1v) is 19.5. The van der Waals surface area contributed by atoms with Gasteiger partial charge in [0.25, 0.3) is 17.7 Å². The number of esters is 1. The summed E-state index contributed by atoms with van der Waals surface area (Å²) in [5.74, 6) is 1.67. The van der Waals surface area contributed by atoms with E-state index in [-0.39, 0.29) is 35.5 Å². The van der Waals surface area contributed by atoms with Crippen LogP contribution in [0.5, 0.6) is 0 Å². The van der Waals surface area contributed by atoms with Crippen LogP contribution in [0.3, 0.4) is 0 Å². The topological polar surface area (TPSA) is 101 Å². The van der Waals surface area contributed by atoms with Crippen molar-refractivity contribution in [3.8, 4) is 0 Å². The molecule has 0 bridgehead atoms. The van der Waals surface area contributed by atoms with Crippen molar-refractivity contribution in [2.45, 2.75) is 130 Å². The molecule has 0 N–H and O–H groups in total. The Labute approximate surface area is 297 Å². The van der Waals surface area contributed by atoms with Gasteiger partial charge in [0, 0.05) is 12.8 Å². The van der Waals surface area contributed by atoms with E-state index >= 15 is 0 Å². The first-order chi connectivity index (χ1) is 23.8. The van der Waals surface area contributed by atoms with E-state index < -0.39 is 42.2 Å². The summed E-state index contributed by atoms with van der Waals surface area (Å²) >= 11 is 0. The van der Waals surface area contributed by atoms with Crippen LogP contribution in [0.4, 0.5) is 0 Å². The summed E-state index contributed by atoms with van der Waals surface area (Å²) < 4.78 is 5.97. The lowest BCUT2D eigenvalue weighted by molar-refractivity contribution is -0.163. The number of benzene rings is 1. The number of ether oxygens (including phenoxy) is 1. The van der Waals surface area contributed by atoms with Crippen LogP contribution in [-0.2, 0) is 19.1 Å². The van der Waals surface area contributed by atoms with Gasteiger partial charge in [-0.25, -0.2) is 0 Å². The average Bonchev–Trinajstić information content (AvgIpc) is 3.56. The summed E-state index contributed by atoms with van der Waals surface area (Å²) in [6, 6.07) is 5.34. The number of hydrogen-bond donors (Lipinski definition) is 0. The van der Waals surface area contributed by atoms with E-state index in [1.165, 1.54) is 50.5 Å². The summed E-state index contributed by atoms with van der Waals surface area (Å²) in [7, 11) is 0.